The summed E-state index contributed by atoms with van der Waals surface area (Å²) in [6.07, 6.45) is 0. The van der Waals surface area contributed by atoms with E-state index in [0.29, 0.717) is 12.2 Å². The first-order valence-corrected chi connectivity index (χ1v) is 5.93. The molecule has 0 aromatic heterocycles. The summed E-state index contributed by atoms with van der Waals surface area (Å²) >= 11 is 0. The number of nitrogens with zero attached hydrogens (tertiary/aromatic N) is 1. The number of aryl methyl sites for hydroxylation is 1. The van der Waals surface area contributed by atoms with Gasteiger partial charge in [0.15, 0.2) is 0 Å². The quantitative estimate of drug-likeness (QED) is 0.751. The highest BCUT2D eigenvalue weighted by atomic mass is 16.4. The minimum atomic E-state index is -1.02. The molecule has 0 aliphatic rings. The number of carboxylic acids is 1. The van der Waals surface area contributed by atoms with Crippen molar-refractivity contribution in [1.29, 1.82) is 0 Å². The first kappa shape index (κ1) is 15.0. The van der Waals surface area contributed by atoms with Crippen molar-refractivity contribution in [2.45, 2.75) is 6.92 Å². The first-order valence-electron chi connectivity index (χ1n) is 5.93. The van der Waals surface area contributed by atoms with Gasteiger partial charge >= 0.3 is 12.0 Å². The van der Waals surface area contributed by atoms with Gasteiger partial charge in [0, 0.05) is 18.8 Å². The van der Waals surface area contributed by atoms with Crippen LogP contribution in [-0.4, -0.2) is 49.2 Å². The maximum absolute atomic E-state index is 11.6. The zero-order chi connectivity index (χ0) is 14.4. The molecule has 0 spiro atoms. The van der Waals surface area contributed by atoms with Gasteiger partial charge in [-0.15, -0.1) is 0 Å². The maximum atomic E-state index is 11.6. The van der Waals surface area contributed by atoms with E-state index in [0.717, 1.165) is 12.1 Å². The van der Waals surface area contributed by atoms with Crippen LogP contribution in [0.2, 0.25) is 0 Å². The maximum Gasteiger partial charge on any atom is 0.335 e. The van der Waals surface area contributed by atoms with Crippen LogP contribution in [-0.2, 0) is 0 Å². The predicted molar refractivity (Wildman–Crippen MR) is 73.7 cm³/mol. The van der Waals surface area contributed by atoms with Crippen molar-refractivity contribution in [2.24, 2.45) is 0 Å². The second-order valence-corrected chi connectivity index (χ2v) is 4.52. The standard InChI is InChI=1S/C13H19N3O3/c1-9-4-5-10(12(17)18)8-11(9)15-13(19)14-6-7-16(2)3/h4-5,8H,6-7H2,1-3H3,(H,17,18)(H2,14,15,19). The van der Waals surface area contributed by atoms with E-state index in [4.69, 9.17) is 5.11 Å². The number of carbonyl (C=O) groups excluding carboxylic acids is 1. The molecule has 0 saturated carbocycles. The van der Waals surface area contributed by atoms with Crippen LogP contribution in [0.3, 0.4) is 0 Å². The van der Waals surface area contributed by atoms with E-state index in [-0.39, 0.29) is 11.6 Å². The summed E-state index contributed by atoms with van der Waals surface area (Å²) in [4.78, 5) is 24.5. The summed E-state index contributed by atoms with van der Waals surface area (Å²) in [5, 5.41) is 14.2. The fourth-order valence-electron chi connectivity index (χ4n) is 1.45. The van der Waals surface area contributed by atoms with Gasteiger partial charge in [-0.3, -0.25) is 0 Å². The zero-order valence-corrected chi connectivity index (χ0v) is 11.4. The first-order chi connectivity index (χ1) is 8.90. The lowest BCUT2D eigenvalue weighted by molar-refractivity contribution is 0.0697. The van der Waals surface area contributed by atoms with E-state index in [1.807, 2.05) is 19.0 Å². The number of anilines is 1. The van der Waals surface area contributed by atoms with Crippen molar-refractivity contribution in [3.63, 3.8) is 0 Å². The molecular formula is C13H19N3O3. The zero-order valence-electron chi connectivity index (χ0n) is 11.4. The molecule has 104 valence electrons. The molecule has 0 bridgehead atoms. The van der Waals surface area contributed by atoms with Gasteiger partial charge < -0.3 is 20.6 Å². The topological polar surface area (TPSA) is 81.7 Å². The van der Waals surface area contributed by atoms with Gasteiger partial charge in [-0.25, -0.2) is 9.59 Å². The van der Waals surface area contributed by atoms with Crippen LogP contribution < -0.4 is 10.6 Å². The molecule has 2 amide bonds. The third kappa shape index (κ3) is 4.97. The third-order valence-corrected chi connectivity index (χ3v) is 2.58. The van der Waals surface area contributed by atoms with Crippen LogP contribution in [0.1, 0.15) is 15.9 Å². The van der Waals surface area contributed by atoms with E-state index in [2.05, 4.69) is 10.6 Å². The Kier molecular flexibility index (Phi) is 5.32. The molecule has 6 nitrogen and oxygen atoms in total. The lowest BCUT2D eigenvalue weighted by Gasteiger charge is -2.12. The van der Waals surface area contributed by atoms with E-state index >= 15 is 0 Å². The molecule has 0 aliphatic carbocycles. The van der Waals surface area contributed by atoms with Gasteiger partial charge in [-0.05, 0) is 38.7 Å². The summed E-state index contributed by atoms with van der Waals surface area (Å²) in [6.45, 7) is 3.07. The highest BCUT2D eigenvalue weighted by molar-refractivity contribution is 5.93. The molecule has 0 radical (unpaired) electrons. The van der Waals surface area contributed by atoms with E-state index in [1.165, 1.54) is 12.1 Å². The Balaban J connectivity index is 2.63. The van der Waals surface area contributed by atoms with Crippen LogP contribution in [0, 0.1) is 6.92 Å². The fraction of sp³-hybridized carbons (Fsp3) is 0.385. The number of rotatable bonds is 5. The lowest BCUT2D eigenvalue weighted by Crippen LogP contribution is -2.34. The number of benzene rings is 1. The number of carboxylic acid groups (broad SMARTS) is 1. The number of nitrogens with one attached hydrogen (secondary N) is 2. The van der Waals surface area contributed by atoms with Crippen molar-refractivity contribution in [3.8, 4) is 0 Å². The van der Waals surface area contributed by atoms with E-state index in [9.17, 15) is 9.59 Å². The van der Waals surface area contributed by atoms with Gasteiger partial charge in [0.1, 0.15) is 0 Å². The Morgan fingerprint density at radius 2 is 2.00 bits per heavy atom. The average Bonchev–Trinajstić information content (AvgIpc) is 2.31. The molecule has 6 heteroatoms. The molecule has 0 atom stereocenters. The van der Waals surface area contributed by atoms with Crippen LogP contribution in [0.5, 0.6) is 0 Å². The van der Waals surface area contributed by atoms with Crippen molar-refractivity contribution in [1.82, 2.24) is 10.2 Å². The van der Waals surface area contributed by atoms with Crippen molar-refractivity contribution in [3.05, 3.63) is 29.3 Å². The molecule has 1 aromatic rings. The lowest BCUT2D eigenvalue weighted by atomic mass is 10.1. The molecule has 0 saturated heterocycles. The smallest absolute Gasteiger partial charge is 0.335 e. The molecule has 1 rings (SSSR count). The second kappa shape index (κ2) is 6.75. The Hall–Kier alpha value is -2.08. The number of urea groups is 1. The van der Waals surface area contributed by atoms with E-state index < -0.39 is 5.97 Å². The van der Waals surface area contributed by atoms with Crippen LogP contribution >= 0.6 is 0 Å². The number of hydrogen-bond donors (Lipinski definition) is 3. The van der Waals surface area contributed by atoms with Crippen molar-refractivity contribution < 1.29 is 14.7 Å². The molecule has 3 N–H and O–H groups in total. The van der Waals surface area contributed by atoms with Crippen molar-refractivity contribution in [2.75, 3.05) is 32.5 Å². The number of aromatic carboxylic acids is 1. The molecule has 0 aliphatic heterocycles. The highest BCUT2D eigenvalue weighted by Crippen LogP contribution is 2.16. The summed E-state index contributed by atoms with van der Waals surface area (Å²) < 4.78 is 0. The highest BCUT2D eigenvalue weighted by Gasteiger charge is 2.08. The molecule has 0 unspecified atom stereocenters. The monoisotopic (exact) mass is 265 g/mol. The minimum Gasteiger partial charge on any atom is -0.478 e. The van der Waals surface area contributed by atoms with Gasteiger partial charge in [0.05, 0.1) is 5.56 Å². The van der Waals surface area contributed by atoms with Gasteiger partial charge in [-0.2, -0.15) is 0 Å². The SMILES string of the molecule is Cc1ccc(C(=O)O)cc1NC(=O)NCCN(C)C. The number of carbonyl (C=O) groups is 2. The molecule has 0 heterocycles. The average molecular weight is 265 g/mol. The summed E-state index contributed by atoms with van der Waals surface area (Å²) in [5.41, 5.74) is 1.46. The Morgan fingerprint density at radius 1 is 1.32 bits per heavy atom. The Morgan fingerprint density at radius 3 is 2.58 bits per heavy atom. The minimum absolute atomic E-state index is 0.147. The van der Waals surface area contributed by atoms with Gasteiger partial charge in [-0.1, -0.05) is 6.07 Å². The Bertz CT molecular complexity index is 472. The van der Waals surface area contributed by atoms with Crippen LogP contribution in [0.25, 0.3) is 0 Å². The Labute approximate surface area is 112 Å². The molecule has 1 aromatic carbocycles. The fourth-order valence-corrected chi connectivity index (χ4v) is 1.45. The summed E-state index contributed by atoms with van der Waals surface area (Å²) in [6, 6.07) is 4.28. The normalized spacial score (nSPS) is 10.3. The number of likely N-dealkylation sites (N-methyl/N-ethyl adjacent to an activating group) is 1. The third-order valence-electron chi connectivity index (χ3n) is 2.58. The van der Waals surface area contributed by atoms with E-state index in [1.54, 1.807) is 13.0 Å². The van der Waals surface area contributed by atoms with Crippen molar-refractivity contribution >= 4 is 17.7 Å². The number of amides is 2. The van der Waals surface area contributed by atoms with Gasteiger partial charge in [0.2, 0.25) is 0 Å². The van der Waals surface area contributed by atoms with Crippen LogP contribution in [0.4, 0.5) is 10.5 Å². The predicted octanol–water partition coefficient (Wildman–Crippen LogP) is 1.38. The van der Waals surface area contributed by atoms with Crippen LogP contribution in [0.15, 0.2) is 18.2 Å². The molecule has 19 heavy (non-hydrogen) atoms. The largest absolute Gasteiger partial charge is 0.478 e. The molecular weight excluding hydrogens is 246 g/mol. The number of hydrogen-bond acceptors (Lipinski definition) is 3. The summed E-state index contributed by atoms with van der Waals surface area (Å²) in [7, 11) is 3.83. The molecule has 0 fully saturated rings. The second-order valence-electron chi connectivity index (χ2n) is 4.52. The van der Waals surface area contributed by atoms with Gasteiger partial charge in [0.25, 0.3) is 0 Å². The summed E-state index contributed by atoms with van der Waals surface area (Å²) in [5.74, 6) is -1.02.